The molecular weight excluding hydrogens is 711 g/mol. The second-order valence-corrected chi connectivity index (χ2v) is 18.0. The van der Waals surface area contributed by atoms with Gasteiger partial charge in [-0.1, -0.05) is 162 Å². The summed E-state index contributed by atoms with van der Waals surface area (Å²) in [4.78, 5) is 27.4. The second-order valence-electron chi connectivity index (χ2n) is 18.0. The quantitative estimate of drug-likeness (QED) is 0.0449. The Morgan fingerprint density at radius 1 is 0.561 bits per heavy atom. The second kappa shape index (κ2) is 39.0. The van der Waals surface area contributed by atoms with Crippen molar-refractivity contribution < 1.29 is 28.5 Å². The van der Waals surface area contributed by atoms with Gasteiger partial charge in [0.2, 0.25) is 0 Å². The lowest BCUT2D eigenvalue weighted by Crippen LogP contribution is -2.31. The first-order chi connectivity index (χ1) is 27.8. The molecule has 0 unspecified atom stereocenters. The van der Waals surface area contributed by atoms with Crippen LogP contribution in [0.5, 0.6) is 0 Å². The van der Waals surface area contributed by atoms with E-state index in [0.29, 0.717) is 26.1 Å². The van der Waals surface area contributed by atoms with Crippen molar-refractivity contribution in [2.45, 2.75) is 276 Å². The molecule has 1 saturated heterocycles. The molecule has 338 valence electrons. The predicted molar refractivity (Wildman–Crippen MR) is 241 cm³/mol. The van der Waals surface area contributed by atoms with Gasteiger partial charge in [-0.3, -0.25) is 9.59 Å². The van der Waals surface area contributed by atoms with Crippen LogP contribution in [0.3, 0.4) is 0 Å². The van der Waals surface area contributed by atoms with Crippen molar-refractivity contribution in [2.75, 3.05) is 33.9 Å². The zero-order chi connectivity index (χ0) is 41.5. The first kappa shape index (κ1) is 53.8. The third-order valence-electron chi connectivity index (χ3n) is 12.0. The van der Waals surface area contributed by atoms with Crippen molar-refractivity contribution in [3.63, 3.8) is 0 Å². The van der Waals surface area contributed by atoms with Crippen molar-refractivity contribution in [3.8, 4) is 0 Å². The lowest BCUT2D eigenvalue weighted by Gasteiger charge is -2.28. The molecule has 0 aromatic rings. The maximum absolute atomic E-state index is 12.9. The SMILES string of the molecule is CCCCCCCCCCCOC(=O)CCCCC[C@]1(CCCCCCCC(=O)OC(CCCCCCCC)CCCCCCCC)OC[C@H](CCCN(C)C)O1. The fraction of sp³-hybridized carbons (Fsp3) is 0.960. The van der Waals surface area contributed by atoms with E-state index in [1.54, 1.807) is 0 Å². The Labute approximate surface area is 354 Å². The number of carbonyl (C=O) groups excluding carboxylic acids is 2. The monoisotopic (exact) mass is 808 g/mol. The summed E-state index contributed by atoms with van der Waals surface area (Å²) in [5.41, 5.74) is 0. The van der Waals surface area contributed by atoms with Crippen molar-refractivity contribution in [1.82, 2.24) is 4.90 Å². The van der Waals surface area contributed by atoms with Crippen LogP contribution >= 0.6 is 0 Å². The van der Waals surface area contributed by atoms with E-state index in [0.717, 1.165) is 109 Å². The van der Waals surface area contributed by atoms with E-state index >= 15 is 0 Å². The fourth-order valence-electron chi connectivity index (χ4n) is 8.30. The fourth-order valence-corrected chi connectivity index (χ4v) is 8.30. The number of rotatable bonds is 43. The number of hydrogen-bond acceptors (Lipinski definition) is 7. The van der Waals surface area contributed by atoms with E-state index in [9.17, 15) is 9.59 Å². The summed E-state index contributed by atoms with van der Waals surface area (Å²) in [7, 11) is 4.25. The lowest BCUT2D eigenvalue weighted by molar-refractivity contribution is -0.180. The van der Waals surface area contributed by atoms with Crippen LogP contribution in [0.25, 0.3) is 0 Å². The van der Waals surface area contributed by atoms with Crippen LogP contribution in [-0.2, 0) is 28.5 Å². The zero-order valence-corrected chi connectivity index (χ0v) is 38.8. The average Bonchev–Trinajstić information content (AvgIpc) is 3.59. The molecule has 0 radical (unpaired) electrons. The van der Waals surface area contributed by atoms with E-state index in [1.165, 1.54) is 122 Å². The molecule has 7 heteroatoms. The lowest BCUT2D eigenvalue weighted by atomic mass is 9.99. The molecule has 1 aliphatic heterocycles. The number of hydrogen-bond donors (Lipinski definition) is 0. The Balaban J connectivity index is 2.36. The van der Waals surface area contributed by atoms with Crippen LogP contribution < -0.4 is 0 Å². The van der Waals surface area contributed by atoms with Crippen molar-refractivity contribution in [1.29, 1.82) is 0 Å². The topological polar surface area (TPSA) is 74.3 Å². The third-order valence-corrected chi connectivity index (χ3v) is 12.0. The van der Waals surface area contributed by atoms with E-state index < -0.39 is 5.79 Å². The van der Waals surface area contributed by atoms with E-state index in [-0.39, 0.29) is 24.1 Å². The zero-order valence-electron chi connectivity index (χ0n) is 38.8. The van der Waals surface area contributed by atoms with E-state index in [1.807, 2.05) is 0 Å². The molecule has 0 bridgehead atoms. The minimum absolute atomic E-state index is 0.0102. The number of carbonyl (C=O) groups is 2. The van der Waals surface area contributed by atoms with Gasteiger partial charge in [-0.05, 0) is 91.3 Å². The summed E-state index contributed by atoms with van der Waals surface area (Å²) in [6, 6.07) is 0. The standard InChI is InChI=1S/C50H97NO6/c1-6-9-12-15-18-19-20-26-34-44-54-48(52)39-31-27-33-42-50(55-45-47(57-50)38-35-43-51(4)5)41-32-25-21-24-30-40-49(53)56-46(36-28-22-16-13-10-7-2)37-29-23-17-14-11-8-3/h46-47H,6-45H2,1-5H3/t47-,50+/m0/s1. The molecule has 7 nitrogen and oxygen atoms in total. The smallest absolute Gasteiger partial charge is 0.306 e. The van der Waals surface area contributed by atoms with E-state index in [4.69, 9.17) is 18.9 Å². The predicted octanol–water partition coefficient (Wildman–Crippen LogP) is 14.6. The van der Waals surface area contributed by atoms with Gasteiger partial charge in [-0.25, -0.2) is 0 Å². The minimum Gasteiger partial charge on any atom is -0.466 e. The number of ether oxygens (including phenoxy) is 4. The minimum atomic E-state index is -0.496. The highest BCUT2D eigenvalue weighted by molar-refractivity contribution is 5.69. The Morgan fingerprint density at radius 2 is 1.00 bits per heavy atom. The van der Waals surface area contributed by atoms with Crippen molar-refractivity contribution in [2.24, 2.45) is 0 Å². The largest absolute Gasteiger partial charge is 0.466 e. The summed E-state index contributed by atoms with van der Waals surface area (Å²) in [5.74, 6) is -0.534. The molecule has 0 spiro atoms. The summed E-state index contributed by atoms with van der Waals surface area (Å²) in [6.45, 7) is 9.10. The molecule has 0 aromatic heterocycles. The van der Waals surface area contributed by atoms with Crippen molar-refractivity contribution in [3.05, 3.63) is 0 Å². The maximum atomic E-state index is 12.9. The number of esters is 2. The number of nitrogens with zero attached hydrogens (tertiary/aromatic N) is 1. The molecular formula is C50H97NO6. The Bertz CT molecular complexity index is 882. The summed E-state index contributed by atoms with van der Waals surface area (Å²) >= 11 is 0. The molecule has 57 heavy (non-hydrogen) atoms. The van der Waals surface area contributed by atoms with Gasteiger partial charge >= 0.3 is 11.9 Å². The molecule has 1 rings (SSSR count). The van der Waals surface area contributed by atoms with Crippen LogP contribution in [0.2, 0.25) is 0 Å². The molecule has 0 aromatic carbocycles. The summed E-state index contributed by atoms with van der Waals surface area (Å²) in [6.07, 6.45) is 42.2. The average molecular weight is 808 g/mol. The molecule has 1 aliphatic rings. The highest BCUT2D eigenvalue weighted by atomic mass is 16.7. The molecule has 1 fully saturated rings. The van der Waals surface area contributed by atoms with Crippen LogP contribution in [0.15, 0.2) is 0 Å². The van der Waals surface area contributed by atoms with Gasteiger partial charge in [0.25, 0.3) is 0 Å². The first-order valence-corrected chi connectivity index (χ1v) is 25.2. The first-order valence-electron chi connectivity index (χ1n) is 25.2. The molecule has 1 heterocycles. The van der Waals surface area contributed by atoms with Crippen LogP contribution in [-0.4, -0.2) is 68.7 Å². The normalized spacial score (nSPS) is 16.9. The van der Waals surface area contributed by atoms with Crippen LogP contribution in [0.1, 0.15) is 258 Å². The van der Waals surface area contributed by atoms with Crippen LogP contribution in [0, 0.1) is 0 Å². The van der Waals surface area contributed by atoms with Gasteiger partial charge in [0, 0.05) is 25.7 Å². The van der Waals surface area contributed by atoms with Gasteiger partial charge in [0.15, 0.2) is 5.79 Å². The summed E-state index contributed by atoms with van der Waals surface area (Å²) < 4.78 is 24.8. The third kappa shape index (κ3) is 33.3. The molecule has 0 aliphatic carbocycles. The van der Waals surface area contributed by atoms with Gasteiger partial charge < -0.3 is 23.8 Å². The van der Waals surface area contributed by atoms with Gasteiger partial charge in [0.05, 0.1) is 19.3 Å². The maximum Gasteiger partial charge on any atom is 0.306 e. The Hall–Kier alpha value is -1.18. The van der Waals surface area contributed by atoms with Gasteiger partial charge in [0.1, 0.15) is 6.10 Å². The van der Waals surface area contributed by atoms with Crippen LogP contribution in [0.4, 0.5) is 0 Å². The van der Waals surface area contributed by atoms with Gasteiger partial charge in [-0.15, -0.1) is 0 Å². The molecule has 0 saturated carbocycles. The Morgan fingerprint density at radius 3 is 1.53 bits per heavy atom. The molecule has 2 atom stereocenters. The van der Waals surface area contributed by atoms with E-state index in [2.05, 4.69) is 39.8 Å². The highest BCUT2D eigenvalue weighted by Crippen LogP contribution is 2.36. The van der Waals surface area contributed by atoms with Crippen molar-refractivity contribution >= 4 is 11.9 Å². The molecule has 0 amide bonds. The molecule has 0 N–H and O–H groups in total. The summed E-state index contributed by atoms with van der Waals surface area (Å²) in [5, 5.41) is 0. The Kier molecular flexibility index (Phi) is 36.8. The number of unbranched alkanes of at least 4 members (excludes halogenated alkanes) is 24. The van der Waals surface area contributed by atoms with Gasteiger partial charge in [-0.2, -0.15) is 0 Å². The highest BCUT2D eigenvalue weighted by Gasteiger charge is 2.40.